The van der Waals surface area contributed by atoms with Gasteiger partial charge in [-0.2, -0.15) is 0 Å². The standard InChI is InChI=1S/C14H20N4O3S2/c1-2-16-14(17-8-7-11-4-3-9-21-11)18-10-12-5-6-13(22-12)23(15,19)20/h3-6,9H,2,7-8,10H2,1H3,(H2,15,19,20)(H2,16,17,18). The molecule has 2 aromatic heterocycles. The number of thiophene rings is 1. The smallest absolute Gasteiger partial charge is 0.247 e. The van der Waals surface area contributed by atoms with E-state index in [1.54, 1.807) is 12.3 Å². The lowest BCUT2D eigenvalue weighted by atomic mass is 10.3. The van der Waals surface area contributed by atoms with Crippen LogP contribution in [-0.2, 0) is 23.0 Å². The van der Waals surface area contributed by atoms with Gasteiger partial charge in [-0.3, -0.25) is 0 Å². The first-order valence-corrected chi connectivity index (χ1v) is 9.51. The Balaban J connectivity index is 1.91. The molecule has 0 radical (unpaired) electrons. The predicted octanol–water partition coefficient (Wildman–Crippen LogP) is 1.29. The average Bonchev–Trinajstić information content (AvgIpc) is 3.15. The lowest BCUT2D eigenvalue weighted by molar-refractivity contribution is 0.507. The number of aliphatic imine (C=N–C) groups is 1. The molecule has 2 heterocycles. The van der Waals surface area contributed by atoms with E-state index in [1.165, 1.54) is 6.07 Å². The third-order valence-electron chi connectivity index (χ3n) is 2.90. The van der Waals surface area contributed by atoms with Gasteiger partial charge in [-0.15, -0.1) is 11.3 Å². The summed E-state index contributed by atoms with van der Waals surface area (Å²) < 4.78 is 27.9. The predicted molar refractivity (Wildman–Crippen MR) is 90.9 cm³/mol. The van der Waals surface area contributed by atoms with Crippen molar-refractivity contribution in [1.82, 2.24) is 10.6 Å². The molecule has 2 aromatic rings. The average molecular weight is 356 g/mol. The van der Waals surface area contributed by atoms with Crippen LogP contribution in [0.25, 0.3) is 0 Å². The highest BCUT2D eigenvalue weighted by atomic mass is 32.2. The van der Waals surface area contributed by atoms with E-state index in [1.807, 2.05) is 19.1 Å². The molecule has 126 valence electrons. The van der Waals surface area contributed by atoms with E-state index in [4.69, 9.17) is 9.56 Å². The highest BCUT2D eigenvalue weighted by Gasteiger charge is 2.11. The molecule has 0 amide bonds. The number of nitrogens with one attached hydrogen (secondary N) is 2. The van der Waals surface area contributed by atoms with E-state index >= 15 is 0 Å². The van der Waals surface area contributed by atoms with Crippen LogP contribution in [-0.4, -0.2) is 27.5 Å². The van der Waals surface area contributed by atoms with E-state index in [9.17, 15) is 8.42 Å². The first kappa shape index (κ1) is 17.5. The first-order valence-electron chi connectivity index (χ1n) is 7.15. The summed E-state index contributed by atoms with van der Waals surface area (Å²) in [7, 11) is -3.64. The summed E-state index contributed by atoms with van der Waals surface area (Å²) >= 11 is 1.13. The number of hydrogen-bond acceptors (Lipinski definition) is 5. The number of guanidine groups is 1. The number of nitrogens with zero attached hydrogens (tertiary/aromatic N) is 1. The van der Waals surface area contributed by atoms with Crippen LogP contribution >= 0.6 is 11.3 Å². The van der Waals surface area contributed by atoms with E-state index < -0.39 is 10.0 Å². The van der Waals surface area contributed by atoms with E-state index in [0.717, 1.165) is 34.9 Å². The van der Waals surface area contributed by atoms with Gasteiger partial charge < -0.3 is 15.1 Å². The Bertz CT molecular complexity index is 736. The van der Waals surface area contributed by atoms with Crippen molar-refractivity contribution in [2.45, 2.75) is 24.1 Å². The summed E-state index contributed by atoms with van der Waals surface area (Å²) in [4.78, 5) is 5.27. The molecule has 0 saturated heterocycles. The molecule has 0 aliphatic rings. The van der Waals surface area contributed by atoms with Crippen LogP contribution in [0.2, 0.25) is 0 Å². The largest absolute Gasteiger partial charge is 0.469 e. The monoisotopic (exact) mass is 356 g/mol. The zero-order valence-corrected chi connectivity index (χ0v) is 14.4. The minimum atomic E-state index is -3.64. The molecule has 0 spiro atoms. The molecule has 0 saturated carbocycles. The van der Waals surface area contributed by atoms with Gasteiger partial charge in [-0.05, 0) is 31.2 Å². The maximum Gasteiger partial charge on any atom is 0.247 e. The Hall–Kier alpha value is -1.84. The van der Waals surface area contributed by atoms with Gasteiger partial charge in [0.25, 0.3) is 0 Å². The topological polar surface area (TPSA) is 110 Å². The van der Waals surface area contributed by atoms with E-state index in [2.05, 4.69) is 15.6 Å². The maximum absolute atomic E-state index is 11.3. The van der Waals surface area contributed by atoms with Crippen molar-refractivity contribution >= 4 is 27.3 Å². The highest BCUT2D eigenvalue weighted by Crippen LogP contribution is 2.20. The van der Waals surface area contributed by atoms with Gasteiger partial charge in [0, 0.05) is 24.4 Å². The third-order valence-corrected chi connectivity index (χ3v) is 5.41. The second-order valence-electron chi connectivity index (χ2n) is 4.72. The van der Waals surface area contributed by atoms with Crippen LogP contribution < -0.4 is 15.8 Å². The fraction of sp³-hybridized carbons (Fsp3) is 0.357. The van der Waals surface area contributed by atoms with E-state index in [-0.39, 0.29) is 4.21 Å². The van der Waals surface area contributed by atoms with Gasteiger partial charge in [0.05, 0.1) is 12.8 Å². The van der Waals surface area contributed by atoms with Crippen LogP contribution in [0.5, 0.6) is 0 Å². The molecule has 0 aromatic carbocycles. The Kier molecular flexibility index (Phi) is 6.20. The molecule has 23 heavy (non-hydrogen) atoms. The van der Waals surface area contributed by atoms with E-state index in [0.29, 0.717) is 19.0 Å². The Morgan fingerprint density at radius 3 is 2.78 bits per heavy atom. The van der Waals surface area contributed by atoms with Gasteiger partial charge in [0.2, 0.25) is 10.0 Å². The van der Waals surface area contributed by atoms with Crippen molar-refractivity contribution in [3.63, 3.8) is 0 Å². The molecule has 0 aliphatic carbocycles. The number of nitrogens with two attached hydrogens (primary N) is 1. The van der Waals surface area contributed by atoms with Crippen LogP contribution in [0.3, 0.4) is 0 Å². The number of furan rings is 1. The van der Waals surface area contributed by atoms with Crippen molar-refractivity contribution in [1.29, 1.82) is 0 Å². The number of hydrogen-bond donors (Lipinski definition) is 3. The summed E-state index contributed by atoms with van der Waals surface area (Å²) in [5, 5.41) is 11.4. The van der Waals surface area contributed by atoms with Gasteiger partial charge >= 0.3 is 0 Å². The molecule has 0 fully saturated rings. The Labute approximate surface area is 139 Å². The van der Waals surface area contributed by atoms with Gasteiger partial charge in [0.15, 0.2) is 5.96 Å². The fourth-order valence-electron chi connectivity index (χ4n) is 1.85. The van der Waals surface area contributed by atoms with Crippen molar-refractivity contribution in [3.05, 3.63) is 41.2 Å². The summed E-state index contributed by atoms with van der Waals surface area (Å²) in [6.45, 7) is 3.79. The zero-order valence-electron chi connectivity index (χ0n) is 12.8. The lowest BCUT2D eigenvalue weighted by Gasteiger charge is -2.10. The summed E-state index contributed by atoms with van der Waals surface area (Å²) in [5.41, 5.74) is 0. The van der Waals surface area contributed by atoms with Gasteiger partial charge in [-0.25, -0.2) is 18.5 Å². The van der Waals surface area contributed by atoms with Crippen molar-refractivity contribution < 1.29 is 12.8 Å². The van der Waals surface area contributed by atoms with Crippen LogP contribution in [0, 0.1) is 0 Å². The van der Waals surface area contributed by atoms with Crippen molar-refractivity contribution in [2.75, 3.05) is 13.1 Å². The van der Waals surface area contributed by atoms with Crippen LogP contribution in [0.4, 0.5) is 0 Å². The molecule has 9 heteroatoms. The minimum Gasteiger partial charge on any atom is -0.469 e. The second kappa shape index (κ2) is 8.14. The number of rotatable bonds is 7. The molecule has 4 N–H and O–H groups in total. The minimum absolute atomic E-state index is 0.151. The molecule has 0 aliphatic heterocycles. The molecule has 2 rings (SSSR count). The summed E-state index contributed by atoms with van der Waals surface area (Å²) in [6, 6.07) is 7.00. The number of primary sulfonamides is 1. The van der Waals surface area contributed by atoms with Crippen molar-refractivity contribution in [2.24, 2.45) is 10.1 Å². The normalized spacial score (nSPS) is 12.3. The van der Waals surface area contributed by atoms with Gasteiger partial charge in [-0.1, -0.05) is 0 Å². The Morgan fingerprint density at radius 2 is 2.17 bits per heavy atom. The second-order valence-corrected chi connectivity index (χ2v) is 7.67. The summed E-state index contributed by atoms with van der Waals surface area (Å²) in [6.07, 6.45) is 2.40. The number of sulfonamides is 1. The van der Waals surface area contributed by atoms with Crippen LogP contribution in [0.1, 0.15) is 17.6 Å². The third kappa shape index (κ3) is 5.70. The maximum atomic E-state index is 11.3. The molecular weight excluding hydrogens is 336 g/mol. The highest BCUT2D eigenvalue weighted by molar-refractivity contribution is 7.91. The molecule has 7 nitrogen and oxygen atoms in total. The quantitative estimate of drug-likeness (QED) is 0.511. The zero-order chi connectivity index (χ0) is 16.7. The SMILES string of the molecule is CCNC(=NCc1ccc(S(N)(=O)=O)s1)NCCc1ccco1. The molecule has 0 bridgehead atoms. The summed E-state index contributed by atoms with van der Waals surface area (Å²) in [5.74, 6) is 1.58. The van der Waals surface area contributed by atoms with Crippen LogP contribution in [0.15, 0.2) is 44.1 Å². The lowest BCUT2D eigenvalue weighted by Crippen LogP contribution is -2.38. The Morgan fingerprint density at radius 1 is 1.35 bits per heavy atom. The first-order chi connectivity index (χ1) is 11.0. The molecule has 0 atom stereocenters. The van der Waals surface area contributed by atoms with Crippen molar-refractivity contribution in [3.8, 4) is 0 Å². The van der Waals surface area contributed by atoms with Gasteiger partial charge in [0.1, 0.15) is 9.97 Å². The fourth-order valence-corrected chi connectivity index (χ4v) is 3.56. The molecular formula is C14H20N4O3S2. The molecule has 0 unspecified atom stereocenters.